The SMILES string of the molecule is C=CC(=O)OCCCCCCSCCCOc1ccc(C(=O)c2ccccc2)cc1. The summed E-state index contributed by atoms with van der Waals surface area (Å²) in [6.07, 6.45) is 6.51. The highest BCUT2D eigenvalue weighted by Gasteiger charge is 2.08. The molecule has 0 aliphatic heterocycles. The Morgan fingerprint density at radius 3 is 2.20 bits per heavy atom. The molecule has 0 amide bonds. The highest BCUT2D eigenvalue weighted by atomic mass is 32.2. The van der Waals surface area contributed by atoms with Crippen LogP contribution in [0.4, 0.5) is 0 Å². The van der Waals surface area contributed by atoms with Crippen LogP contribution in [0.1, 0.15) is 48.0 Å². The zero-order chi connectivity index (χ0) is 21.4. The number of hydrogen-bond acceptors (Lipinski definition) is 5. The number of unbranched alkanes of at least 4 members (excludes halogenated alkanes) is 3. The van der Waals surface area contributed by atoms with E-state index in [0.717, 1.165) is 42.9 Å². The standard InChI is InChI=1S/C25H30O4S/c1-2-24(26)29-17-8-3-4-9-19-30-20-10-18-28-23-15-13-22(14-16-23)25(27)21-11-6-5-7-12-21/h2,5-7,11-16H,1,3-4,8-10,17-20H2. The van der Waals surface area contributed by atoms with Crippen LogP contribution in [0.15, 0.2) is 67.3 Å². The fraction of sp³-hybridized carbons (Fsp3) is 0.360. The molecule has 4 nitrogen and oxygen atoms in total. The van der Waals surface area contributed by atoms with E-state index in [2.05, 4.69) is 6.58 Å². The normalized spacial score (nSPS) is 10.4. The Bertz CT molecular complexity index is 771. The van der Waals surface area contributed by atoms with Crippen molar-refractivity contribution in [2.75, 3.05) is 24.7 Å². The highest BCUT2D eigenvalue weighted by molar-refractivity contribution is 7.99. The van der Waals surface area contributed by atoms with Crippen LogP contribution < -0.4 is 4.74 Å². The third kappa shape index (κ3) is 9.31. The van der Waals surface area contributed by atoms with Crippen molar-refractivity contribution < 1.29 is 19.1 Å². The van der Waals surface area contributed by atoms with Crippen molar-refractivity contribution >= 4 is 23.5 Å². The molecule has 2 rings (SSSR count). The largest absolute Gasteiger partial charge is 0.494 e. The number of esters is 1. The number of rotatable bonds is 15. The molecule has 0 bridgehead atoms. The molecule has 0 aliphatic carbocycles. The summed E-state index contributed by atoms with van der Waals surface area (Å²) in [4.78, 5) is 23.3. The van der Waals surface area contributed by atoms with Gasteiger partial charge in [0.2, 0.25) is 0 Å². The number of carbonyl (C=O) groups is 2. The van der Waals surface area contributed by atoms with Crippen LogP contribution >= 0.6 is 11.8 Å². The molecule has 30 heavy (non-hydrogen) atoms. The Hall–Kier alpha value is -2.53. The van der Waals surface area contributed by atoms with Crippen LogP contribution in [-0.2, 0) is 9.53 Å². The Balaban J connectivity index is 1.49. The lowest BCUT2D eigenvalue weighted by molar-refractivity contribution is -0.137. The Morgan fingerprint density at radius 2 is 1.47 bits per heavy atom. The molecule has 160 valence electrons. The van der Waals surface area contributed by atoms with E-state index >= 15 is 0 Å². The van der Waals surface area contributed by atoms with E-state index in [1.807, 2.05) is 66.4 Å². The maximum atomic E-state index is 12.4. The summed E-state index contributed by atoms with van der Waals surface area (Å²) in [6.45, 7) is 4.53. The Kier molecular flexibility index (Phi) is 11.4. The number of benzene rings is 2. The van der Waals surface area contributed by atoms with Crippen molar-refractivity contribution in [3.05, 3.63) is 78.4 Å². The first kappa shape index (κ1) is 23.7. The van der Waals surface area contributed by atoms with Crippen LogP contribution in [0.2, 0.25) is 0 Å². The van der Waals surface area contributed by atoms with E-state index in [-0.39, 0.29) is 11.8 Å². The predicted octanol–water partition coefficient (Wildman–Crippen LogP) is 5.71. The molecule has 0 aromatic heterocycles. The van der Waals surface area contributed by atoms with Crippen molar-refractivity contribution in [2.24, 2.45) is 0 Å². The maximum Gasteiger partial charge on any atom is 0.330 e. The van der Waals surface area contributed by atoms with Gasteiger partial charge in [-0.2, -0.15) is 11.8 Å². The smallest absolute Gasteiger partial charge is 0.330 e. The van der Waals surface area contributed by atoms with Crippen LogP contribution in [-0.4, -0.2) is 36.5 Å². The molecule has 0 unspecified atom stereocenters. The van der Waals surface area contributed by atoms with Crippen molar-refractivity contribution in [3.63, 3.8) is 0 Å². The van der Waals surface area contributed by atoms with Gasteiger partial charge in [-0.25, -0.2) is 4.79 Å². The van der Waals surface area contributed by atoms with Gasteiger partial charge in [-0.15, -0.1) is 0 Å². The number of ether oxygens (including phenoxy) is 2. The zero-order valence-corrected chi connectivity index (χ0v) is 18.2. The minimum atomic E-state index is -0.343. The van der Waals surface area contributed by atoms with E-state index in [0.29, 0.717) is 24.3 Å². The van der Waals surface area contributed by atoms with Crippen LogP contribution in [0.5, 0.6) is 5.75 Å². The first-order valence-electron chi connectivity index (χ1n) is 10.4. The van der Waals surface area contributed by atoms with Gasteiger partial charge >= 0.3 is 5.97 Å². The monoisotopic (exact) mass is 426 g/mol. The van der Waals surface area contributed by atoms with Gasteiger partial charge in [0.25, 0.3) is 0 Å². The van der Waals surface area contributed by atoms with E-state index in [1.165, 1.54) is 12.5 Å². The van der Waals surface area contributed by atoms with Gasteiger partial charge in [0.15, 0.2) is 5.78 Å². The minimum absolute atomic E-state index is 0.0244. The van der Waals surface area contributed by atoms with Crippen molar-refractivity contribution in [1.29, 1.82) is 0 Å². The summed E-state index contributed by atoms with van der Waals surface area (Å²) in [5, 5.41) is 0. The lowest BCUT2D eigenvalue weighted by atomic mass is 10.0. The van der Waals surface area contributed by atoms with Gasteiger partial charge in [0.1, 0.15) is 5.75 Å². The molecule has 5 heteroatoms. The molecule has 0 saturated heterocycles. The molecule has 0 fully saturated rings. The Labute approximate surface area is 183 Å². The summed E-state index contributed by atoms with van der Waals surface area (Å²) < 4.78 is 10.7. The number of ketones is 1. The second-order valence-corrected chi connectivity index (χ2v) is 8.04. The summed E-state index contributed by atoms with van der Waals surface area (Å²) in [7, 11) is 0. The predicted molar refractivity (Wildman–Crippen MR) is 123 cm³/mol. The zero-order valence-electron chi connectivity index (χ0n) is 17.4. The molecule has 0 aliphatic rings. The van der Waals surface area contributed by atoms with Crippen LogP contribution in [0.3, 0.4) is 0 Å². The second-order valence-electron chi connectivity index (χ2n) is 6.82. The second kappa shape index (κ2) is 14.5. The lowest BCUT2D eigenvalue weighted by Crippen LogP contribution is -2.02. The third-order valence-electron chi connectivity index (χ3n) is 4.45. The molecule has 0 atom stereocenters. The number of hydrogen-bond donors (Lipinski definition) is 0. The van der Waals surface area contributed by atoms with Crippen molar-refractivity contribution in [1.82, 2.24) is 0 Å². The summed E-state index contributed by atoms with van der Waals surface area (Å²) in [5.41, 5.74) is 1.36. The van der Waals surface area contributed by atoms with Gasteiger partial charge in [0, 0.05) is 17.2 Å². The molecule has 0 N–H and O–H groups in total. The van der Waals surface area contributed by atoms with Gasteiger partial charge < -0.3 is 9.47 Å². The fourth-order valence-corrected chi connectivity index (χ4v) is 3.74. The van der Waals surface area contributed by atoms with E-state index in [1.54, 1.807) is 0 Å². The average Bonchev–Trinajstić information content (AvgIpc) is 2.80. The summed E-state index contributed by atoms with van der Waals surface area (Å²) >= 11 is 1.94. The molecule has 0 spiro atoms. The molecule has 2 aromatic carbocycles. The summed E-state index contributed by atoms with van der Waals surface area (Å²) in [5.74, 6) is 2.69. The number of thioether (sulfide) groups is 1. The third-order valence-corrected chi connectivity index (χ3v) is 5.60. The molecule has 2 aromatic rings. The van der Waals surface area contributed by atoms with Gasteiger partial charge in [-0.1, -0.05) is 49.8 Å². The molecule has 0 heterocycles. The van der Waals surface area contributed by atoms with E-state index in [4.69, 9.17) is 9.47 Å². The molecule has 0 radical (unpaired) electrons. The lowest BCUT2D eigenvalue weighted by Gasteiger charge is -2.07. The van der Waals surface area contributed by atoms with Gasteiger partial charge in [0.05, 0.1) is 13.2 Å². The minimum Gasteiger partial charge on any atom is -0.494 e. The van der Waals surface area contributed by atoms with E-state index in [9.17, 15) is 9.59 Å². The topological polar surface area (TPSA) is 52.6 Å². The quantitative estimate of drug-likeness (QED) is 0.158. The molecular formula is C25H30O4S. The molecular weight excluding hydrogens is 396 g/mol. The van der Waals surface area contributed by atoms with Crippen molar-refractivity contribution in [2.45, 2.75) is 32.1 Å². The van der Waals surface area contributed by atoms with Gasteiger partial charge in [-0.05, 0) is 55.0 Å². The first-order valence-corrected chi connectivity index (χ1v) is 11.6. The summed E-state index contributed by atoms with van der Waals surface area (Å²) in [6, 6.07) is 16.6. The highest BCUT2D eigenvalue weighted by Crippen LogP contribution is 2.16. The van der Waals surface area contributed by atoms with Crippen LogP contribution in [0, 0.1) is 0 Å². The maximum absolute atomic E-state index is 12.4. The molecule has 0 saturated carbocycles. The fourth-order valence-electron chi connectivity index (χ4n) is 2.80. The van der Waals surface area contributed by atoms with E-state index < -0.39 is 0 Å². The Morgan fingerprint density at radius 1 is 0.800 bits per heavy atom. The van der Waals surface area contributed by atoms with Crippen molar-refractivity contribution in [3.8, 4) is 5.75 Å². The number of carbonyl (C=O) groups excluding carboxylic acids is 2. The van der Waals surface area contributed by atoms with Gasteiger partial charge in [-0.3, -0.25) is 4.79 Å². The average molecular weight is 427 g/mol. The van der Waals surface area contributed by atoms with Crippen LogP contribution in [0.25, 0.3) is 0 Å². The first-order chi connectivity index (χ1) is 14.7.